The molecule has 0 radical (unpaired) electrons. The number of nitrogens with one attached hydrogen (secondary N) is 1. The second kappa shape index (κ2) is 3.97. The van der Waals surface area contributed by atoms with Gasteiger partial charge in [-0.2, -0.15) is 0 Å². The Balaban J connectivity index is 1.52. The Bertz CT molecular complexity index is 647. The molecule has 6 atom stereocenters. The van der Waals surface area contributed by atoms with Crippen LogP contribution in [0.15, 0.2) is 23.4 Å². The molecule has 4 aliphatic rings. The maximum Gasteiger partial charge on any atom is 0.221 e. The molecular formula is C16H17FN2O2. The van der Waals surface area contributed by atoms with E-state index in [1.54, 1.807) is 19.2 Å². The van der Waals surface area contributed by atoms with Gasteiger partial charge >= 0.3 is 0 Å². The Hall–Kier alpha value is -1.62. The molecule has 110 valence electrons. The molecule has 3 fully saturated rings. The molecule has 1 aromatic rings. The van der Waals surface area contributed by atoms with Crippen molar-refractivity contribution >= 4 is 5.71 Å². The maximum atomic E-state index is 13.7. The van der Waals surface area contributed by atoms with Crippen LogP contribution >= 0.6 is 0 Å². The number of hydrogen-bond acceptors (Lipinski definition) is 4. The van der Waals surface area contributed by atoms with Gasteiger partial charge in [0, 0.05) is 17.5 Å². The molecule has 1 aromatic carbocycles. The van der Waals surface area contributed by atoms with Crippen molar-refractivity contribution in [3.05, 3.63) is 29.6 Å². The summed E-state index contributed by atoms with van der Waals surface area (Å²) in [5.41, 5.74) is 2.18. The van der Waals surface area contributed by atoms with E-state index in [0.717, 1.165) is 23.4 Å². The van der Waals surface area contributed by atoms with E-state index in [-0.39, 0.29) is 12.0 Å². The minimum absolute atomic E-state index is 0.0365. The molecule has 0 bridgehead atoms. The van der Waals surface area contributed by atoms with Gasteiger partial charge in [0.15, 0.2) is 0 Å². The van der Waals surface area contributed by atoms with Crippen LogP contribution in [0.1, 0.15) is 24.3 Å². The zero-order valence-corrected chi connectivity index (χ0v) is 11.8. The fraction of sp³-hybridized carbons (Fsp3) is 0.562. The summed E-state index contributed by atoms with van der Waals surface area (Å²) in [6, 6.07) is 5.36. The molecule has 2 aliphatic carbocycles. The fourth-order valence-electron chi connectivity index (χ4n) is 4.62. The van der Waals surface area contributed by atoms with E-state index in [2.05, 4.69) is 10.5 Å². The van der Waals surface area contributed by atoms with Gasteiger partial charge in [-0.15, -0.1) is 0 Å². The third kappa shape index (κ3) is 1.55. The number of fused-ring (bicyclic) bond motifs is 5. The van der Waals surface area contributed by atoms with Crippen LogP contribution in [0.3, 0.4) is 0 Å². The van der Waals surface area contributed by atoms with Crippen molar-refractivity contribution in [2.75, 3.05) is 7.11 Å². The quantitative estimate of drug-likeness (QED) is 0.907. The summed E-state index contributed by atoms with van der Waals surface area (Å²) < 4.78 is 19.1. The van der Waals surface area contributed by atoms with Crippen molar-refractivity contribution < 1.29 is 14.0 Å². The topological polar surface area (TPSA) is 42.9 Å². The molecule has 4 nitrogen and oxygen atoms in total. The molecule has 0 amide bonds. The Morgan fingerprint density at radius 2 is 2.19 bits per heavy atom. The average Bonchev–Trinajstić information content (AvgIpc) is 3.20. The summed E-state index contributed by atoms with van der Waals surface area (Å²) in [7, 11) is 1.66. The lowest BCUT2D eigenvalue weighted by Crippen LogP contribution is -2.38. The Labute approximate surface area is 122 Å². The Morgan fingerprint density at radius 1 is 1.29 bits per heavy atom. The van der Waals surface area contributed by atoms with Gasteiger partial charge in [-0.1, -0.05) is 5.16 Å². The van der Waals surface area contributed by atoms with Gasteiger partial charge in [0.25, 0.3) is 0 Å². The van der Waals surface area contributed by atoms with Gasteiger partial charge in [0.05, 0.1) is 7.11 Å². The SMILES string of the molecule is COc1ccc(F)cc1C1CC2C3=NOC3NC2C2CC12. The lowest BCUT2D eigenvalue weighted by atomic mass is 9.74. The minimum Gasteiger partial charge on any atom is -0.496 e. The molecule has 0 spiro atoms. The van der Waals surface area contributed by atoms with Gasteiger partial charge in [-0.25, -0.2) is 4.39 Å². The molecule has 5 rings (SSSR count). The second-order valence-electron chi connectivity index (χ2n) is 6.59. The van der Waals surface area contributed by atoms with Crippen molar-refractivity contribution in [2.24, 2.45) is 22.9 Å². The number of oxime groups is 1. The van der Waals surface area contributed by atoms with Crippen molar-refractivity contribution in [1.29, 1.82) is 0 Å². The van der Waals surface area contributed by atoms with Gasteiger partial charge < -0.3 is 9.57 Å². The molecule has 0 aromatic heterocycles. The first-order valence-corrected chi connectivity index (χ1v) is 7.59. The van der Waals surface area contributed by atoms with E-state index in [9.17, 15) is 4.39 Å². The number of benzene rings is 1. The standard InChI is InChI=1S/C16H17FN2O2/c1-20-13-3-2-7(17)4-10(13)8-6-12-14(11-5-9(8)11)18-16-15(12)19-21-16/h2-4,8-9,11-12,14,16,18H,5-6H2,1H3. The Kier molecular flexibility index (Phi) is 2.27. The predicted octanol–water partition coefficient (Wildman–Crippen LogP) is 2.26. The summed E-state index contributed by atoms with van der Waals surface area (Å²) >= 11 is 0. The lowest BCUT2D eigenvalue weighted by Gasteiger charge is -2.31. The fourth-order valence-corrected chi connectivity index (χ4v) is 4.62. The summed E-state index contributed by atoms with van der Waals surface area (Å²) in [5.74, 6) is 2.72. The van der Waals surface area contributed by atoms with Crippen LogP contribution in [-0.2, 0) is 4.84 Å². The highest BCUT2D eigenvalue weighted by Crippen LogP contribution is 2.61. The van der Waals surface area contributed by atoms with E-state index in [1.165, 1.54) is 12.5 Å². The maximum absolute atomic E-state index is 13.7. The molecule has 2 saturated carbocycles. The second-order valence-corrected chi connectivity index (χ2v) is 6.59. The normalized spacial score (nSPS) is 41.9. The highest BCUT2D eigenvalue weighted by Gasteiger charge is 2.61. The van der Waals surface area contributed by atoms with Crippen molar-refractivity contribution in [2.45, 2.75) is 31.0 Å². The van der Waals surface area contributed by atoms with E-state index >= 15 is 0 Å². The number of methoxy groups -OCH3 is 1. The molecule has 5 heteroatoms. The van der Waals surface area contributed by atoms with E-state index in [4.69, 9.17) is 9.57 Å². The van der Waals surface area contributed by atoms with Gasteiger partial charge in [-0.3, -0.25) is 5.32 Å². The van der Waals surface area contributed by atoms with Crippen LogP contribution < -0.4 is 10.1 Å². The third-order valence-electron chi connectivity index (χ3n) is 5.66. The number of rotatable bonds is 2. The average molecular weight is 288 g/mol. The largest absolute Gasteiger partial charge is 0.496 e. The predicted molar refractivity (Wildman–Crippen MR) is 74.6 cm³/mol. The van der Waals surface area contributed by atoms with Crippen LogP contribution in [0, 0.1) is 23.6 Å². The summed E-state index contributed by atoms with van der Waals surface area (Å²) in [6.07, 6.45) is 2.25. The molecule has 2 heterocycles. The molecule has 21 heavy (non-hydrogen) atoms. The molecule has 1 N–H and O–H groups in total. The Morgan fingerprint density at radius 3 is 2.95 bits per heavy atom. The first-order chi connectivity index (χ1) is 10.3. The zero-order chi connectivity index (χ0) is 14.1. The van der Waals surface area contributed by atoms with Crippen molar-refractivity contribution in [1.82, 2.24) is 5.32 Å². The summed E-state index contributed by atoms with van der Waals surface area (Å²) in [4.78, 5) is 5.21. The van der Waals surface area contributed by atoms with Gasteiger partial charge in [-0.05, 0) is 48.8 Å². The van der Waals surface area contributed by atoms with Crippen LogP contribution in [0.25, 0.3) is 0 Å². The highest BCUT2D eigenvalue weighted by atomic mass is 19.1. The number of ether oxygens (including phenoxy) is 1. The van der Waals surface area contributed by atoms with E-state index in [1.807, 2.05) is 0 Å². The number of hydrogen-bond donors (Lipinski definition) is 1. The molecule has 1 saturated heterocycles. The number of halogens is 1. The molecule has 6 unspecified atom stereocenters. The smallest absolute Gasteiger partial charge is 0.221 e. The molecule has 2 aliphatic heterocycles. The first-order valence-electron chi connectivity index (χ1n) is 7.59. The third-order valence-corrected chi connectivity index (χ3v) is 5.66. The summed E-state index contributed by atoms with van der Waals surface area (Å²) in [6.45, 7) is 0. The minimum atomic E-state index is -0.183. The van der Waals surface area contributed by atoms with Crippen molar-refractivity contribution in [3.8, 4) is 5.75 Å². The first kappa shape index (κ1) is 12.0. The van der Waals surface area contributed by atoms with Crippen LogP contribution in [0.4, 0.5) is 4.39 Å². The summed E-state index contributed by atoms with van der Waals surface area (Å²) in [5, 5.41) is 7.64. The van der Waals surface area contributed by atoms with Crippen LogP contribution in [0.5, 0.6) is 5.75 Å². The lowest BCUT2D eigenvalue weighted by molar-refractivity contribution is 0.0449. The van der Waals surface area contributed by atoms with Gasteiger partial charge in [0.2, 0.25) is 6.23 Å². The van der Waals surface area contributed by atoms with Crippen LogP contribution in [-0.4, -0.2) is 25.1 Å². The molecular weight excluding hydrogens is 271 g/mol. The van der Waals surface area contributed by atoms with Crippen molar-refractivity contribution in [3.63, 3.8) is 0 Å². The number of nitrogens with zero attached hydrogens (tertiary/aromatic N) is 1. The van der Waals surface area contributed by atoms with Gasteiger partial charge in [0.1, 0.15) is 17.3 Å². The van der Waals surface area contributed by atoms with E-state index in [0.29, 0.717) is 29.7 Å². The highest BCUT2D eigenvalue weighted by molar-refractivity contribution is 5.95. The zero-order valence-electron chi connectivity index (χ0n) is 11.8. The van der Waals surface area contributed by atoms with E-state index < -0.39 is 0 Å². The monoisotopic (exact) mass is 288 g/mol. The van der Waals surface area contributed by atoms with Crippen LogP contribution in [0.2, 0.25) is 0 Å².